The van der Waals surface area contributed by atoms with E-state index in [4.69, 9.17) is 9.72 Å². The number of hydrogen-bond acceptors (Lipinski definition) is 4. The number of rotatable bonds is 7. The van der Waals surface area contributed by atoms with E-state index in [1.165, 1.54) is 24.8 Å². The van der Waals surface area contributed by atoms with Gasteiger partial charge in [-0.1, -0.05) is 61.0 Å². The highest BCUT2D eigenvalue weighted by Crippen LogP contribution is 2.60. The van der Waals surface area contributed by atoms with Crippen LogP contribution in [-0.2, 0) is 12.0 Å². The number of carbonyl (C=O) groups is 1. The number of amides is 1. The van der Waals surface area contributed by atoms with Crippen LogP contribution < -0.4 is 15.5 Å². The summed E-state index contributed by atoms with van der Waals surface area (Å²) < 4.78 is 6.29. The lowest BCUT2D eigenvalue weighted by Crippen LogP contribution is -2.40. The van der Waals surface area contributed by atoms with Gasteiger partial charge in [0.05, 0.1) is 11.2 Å². The molecule has 1 aromatic heterocycles. The Bertz CT molecular complexity index is 1410. The Kier molecular flexibility index (Phi) is 5.98. The third kappa shape index (κ3) is 3.96. The number of para-hydroxylation sites is 1. The molecule has 6 rings (SSSR count). The average Bonchev–Trinajstić information content (AvgIpc) is 3.55. The van der Waals surface area contributed by atoms with Gasteiger partial charge in [0.2, 0.25) is 7.98 Å². The van der Waals surface area contributed by atoms with E-state index in [1.807, 2.05) is 36.4 Å². The zero-order chi connectivity index (χ0) is 24.5. The second kappa shape index (κ2) is 9.43. The van der Waals surface area contributed by atoms with Crippen molar-refractivity contribution in [2.75, 3.05) is 0 Å². The van der Waals surface area contributed by atoms with Gasteiger partial charge >= 0.3 is 0 Å². The fourth-order valence-corrected chi connectivity index (χ4v) is 6.61. The molecule has 6 heteroatoms. The van der Waals surface area contributed by atoms with Crippen molar-refractivity contribution in [2.45, 2.75) is 37.7 Å². The maximum Gasteiger partial charge on any atom is 0.264 e. The van der Waals surface area contributed by atoms with Gasteiger partial charge in [0, 0.05) is 16.4 Å². The van der Waals surface area contributed by atoms with Crippen molar-refractivity contribution in [3.8, 4) is 5.75 Å². The standard InChI is InChI=1S/C30H30BN3O2/c31-34-33-29(35)26-15-14-25(36-19-24-13-11-21-6-4-5-9-28(21)32-24)17-27(26)30(22-7-2-1-3-8-22)18-20-10-12-23(30)16-20/h1-9,11,13-15,17,20,23,34H,10,12,16,18-19,31H2,(H,33,35). The Morgan fingerprint density at radius 1 is 1.00 bits per heavy atom. The lowest BCUT2D eigenvalue weighted by Gasteiger charge is -2.40. The molecule has 1 amide bonds. The first-order valence-electron chi connectivity index (χ1n) is 12.8. The van der Waals surface area contributed by atoms with Crippen molar-refractivity contribution >= 4 is 24.8 Å². The van der Waals surface area contributed by atoms with Gasteiger partial charge in [-0.05, 0) is 72.6 Å². The van der Waals surface area contributed by atoms with Gasteiger partial charge in [-0.2, -0.15) is 0 Å². The molecule has 2 N–H and O–H groups in total. The summed E-state index contributed by atoms with van der Waals surface area (Å²) in [5.74, 6) is 1.86. The normalized spacial score (nSPS) is 22.6. The molecule has 2 aliphatic rings. The molecule has 5 nitrogen and oxygen atoms in total. The zero-order valence-corrected chi connectivity index (χ0v) is 20.5. The van der Waals surface area contributed by atoms with Gasteiger partial charge in [0.1, 0.15) is 12.4 Å². The fraction of sp³-hybridized carbons (Fsp3) is 0.267. The van der Waals surface area contributed by atoms with Gasteiger partial charge < -0.3 is 4.74 Å². The number of ether oxygens (including phenoxy) is 1. The second-order valence-corrected chi connectivity index (χ2v) is 10.1. The fourth-order valence-electron chi connectivity index (χ4n) is 6.61. The highest BCUT2D eigenvalue weighted by atomic mass is 16.5. The number of benzene rings is 3. The number of fused-ring (bicyclic) bond motifs is 3. The Morgan fingerprint density at radius 2 is 1.83 bits per heavy atom. The quantitative estimate of drug-likeness (QED) is 0.301. The van der Waals surface area contributed by atoms with Crippen molar-refractivity contribution < 1.29 is 9.53 Å². The molecular formula is C30H30BN3O2. The third-order valence-corrected chi connectivity index (χ3v) is 8.14. The van der Waals surface area contributed by atoms with E-state index in [1.54, 1.807) is 7.98 Å². The maximum atomic E-state index is 13.2. The molecule has 0 spiro atoms. The summed E-state index contributed by atoms with van der Waals surface area (Å²) in [6.07, 6.45) is 4.76. The van der Waals surface area contributed by atoms with E-state index in [9.17, 15) is 4.79 Å². The van der Waals surface area contributed by atoms with E-state index < -0.39 is 0 Å². The van der Waals surface area contributed by atoms with Crippen LogP contribution in [0.25, 0.3) is 10.9 Å². The van der Waals surface area contributed by atoms with Crippen LogP contribution in [0, 0.1) is 11.8 Å². The van der Waals surface area contributed by atoms with Crippen LogP contribution >= 0.6 is 0 Å². The van der Waals surface area contributed by atoms with Crippen molar-refractivity contribution in [1.82, 2.24) is 15.7 Å². The lowest BCUT2D eigenvalue weighted by atomic mass is 9.63. The van der Waals surface area contributed by atoms with Crippen LogP contribution in [0.4, 0.5) is 0 Å². The first kappa shape index (κ1) is 22.8. The van der Waals surface area contributed by atoms with Gasteiger partial charge in [-0.3, -0.25) is 15.6 Å². The zero-order valence-electron chi connectivity index (χ0n) is 20.5. The van der Waals surface area contributed by atoms with Gasteiger partial charge in [-0.25, -0.2) is 4.98 Å². The molecule has 4 aromatic rings. The monoisotopic (exact) mass is 475 g/mol. The predicted octanol–water partition coefficient (Wildman–Crippen LogP) is 4.70. The van der Waals surface area contributed by atoms with Crippen LogP contribution in [-0.4, -0.2) is 18.9 Å². The first-order valence-corrected chi connectivity index (χ1v) is 12.8. The smallest absolute Gasteiger partial charge is 0.264 e. The number of aromatic nitrogens is 1. The van der Waals surface area contributed by atoms with Crippen LogP contribution in [0.3, 0.4) is 0 Å². The van der Waals surface area contributed by atoms with E-state index in [0.29, 0.717) is 24.0 Å². The van der Waals surface area contributed by atoms with Crippen molar-refractivity contribution in [3.05, 3.63) is 107 Å². The topological polar surface area (TPSA) is 63.2 Å². The molecule has 180 valence electrons. The Hall–Kier alpha value is -3.64. The molecule has 2 saturated carbocycles. The molecule has 3 aromatic carbocycles. The molecule has 3 unspecified atom stereocenters. The van der Waals surface area contributed by atoms with E-state index in [2.05, 4.69) is 59.3 Å². The summed E-state index contributed by atoms with van der Waals surface area (Å²) in [5.41, 5.74) is 7.51. The summed E-state index contributed by atoms with van der Waals surface area (Å²) in [6.45, 7) is 0.372. The molecule has 0 saturated heterocycles. The van der Waals surface area contributed by atoms with Crippen LogP contribution in [0.2, 0.25) is 0 Å². The number of hydrogen-bond donors (Lipinski definition) is 2. The summed E-state index contributed by atoms with van der Waals surface area (Å²) in [5, 5.41) is 3.92. The predicted molar refractivity (Wildman–Crippen MR) is 144 cm³/mol. The largest absolute Gasteiger partial charge is 0.487 e. The van der Waals surface area contributed by atoms with Crippen LogP contribution in [0.15, 0.2) is 84.9 Å². The Balaban J connectivity index is 1.39. The second-order valence-electron chi connectivity index (χ2n) is 10.1. The number of pyridine rings is 1. The van der Waals surface area contributed by atoms with E-state index in [-0.39, 0.29) is 11.3 Å². The van der Waals surface area contributed by atoms with E-state index >= 15 is 0 Å². The highest BCUT2D eigenvalue weighted by molar-refractivity contribution is 6.06. The molecule has 0 aliphatic heterocycles. The molecule has 0 radical (unpaired) electrons. The Morgan fingerprint density at radius 3 is 2.61 bits per heavy atom. The molecule has 36 heavy (non-hydrogen) atoms. The SMILES string of the molecule is BNNC(=O)c1ccc(OCc2ccc3ccccc3n2)cc1C1(c2ccccc2)CC2CCC1C2. The molecule has 3 atom stereocenters. The van der Waals surface area contributed by atoms with Crippen molar-refractivity contribution in [2.24, 2.45) is 11.8 Å². The summed E-state index contributed by atoms with van der Waals surface area (Å²) in [6, 6.07) is 28.9. The maximum absolute atomic E-state index is 13.2. The summed E-state index contributed by atoms with van der Waals surface area (Å²) >= 11 is 0. The molecule has 2 fully saturated rings. The van der Waals surface area contributed by atoms with Crippen LogP contribution in [0.1, 0.15) is 52.9 Å². The molecule has 1 heterocycles. The minimum absolute atomic E-state index is 0.117. The average molecular weight is 475 g/mol. The molecule has 2 aliphatic carbocycles. The number of carbonyl (C=O) groups excluding carboxylic acids is 1. The first-order chi connectivity index (χ1) is 17.7. The van der Waals surface area contributed by atoms with Gasteiger partial charge in [0.25, 0.3) is 5.91 Å². The third-order valence-electron chi connectivity index (χ3n) is 8.14. The number of hydrazine groups is 1. The van der Waals surface area contributed by atoms with Gasteiger partial charge in [0.15, 0.2) is 0 Å². The highest BCUT2D eigenvalue weighted by Gasteiger charge is 2.53. The lowest BCUT2D eigenvalue weighted by molar-refractivity contribution is 0.0942. The Labute approximate surface area is 212 Å². The number of nitrogens with one attached hydrogen (secondary N) is 2. The summed E-state index contributed by atoms with van der Waals surface area (Å²) in [4.78, 5) is 17.9. The van der Waals surface area contributed by atoms with Crippen molar-refractivity contribution in [1.29, 1.82) is 0 Å². The molecular weight excluding hydrogens is 445 g/mol. The van der Waals surface area contributed by atoms with Crippen LogP contribution in [0.5, 0.6) is 5.75 Å². The molecule has 2 bridgehead atoms. The van der Waals surface area contributed by atoms with Crippen molar-refractivity contribution in [3.63, 3.8) is 0 Å². The van der Waals surface area contributed by atoms with E-state index in [0.717, 1.165) is 34.3 Å². The minimum atomic E-state index is -0.189. The van der Waals surface area contributed by atoms with Gasteiger partial charge in [-0.15, -0.1) is 0 Å². The summed E-state index contributed by atoms with van der Waals surface area (Å²) in [7, 11) is 1.72. The number of nitrogens with zero attached hydrogens (tertiary/aromatic N) is 1. The minimum Gasteiger partial charge on any atom is -0.487 e.